The van der Waals surface area contributed by atoms with Crippen LogP contribution in [0.15, 0.2) is 106 Å². The third-order valence-corrected chi connectivity index (χ3v) is 30.5. The van der Waals surface area contributed by atoms with Crippen molar-refractivity contribution in [3.05, 3.63) is 131 Å². The molecule has 0 atom stereocenters. The normalized spacial score (nSPS) is 10.8. The maximum absolute atomic E-state index is 5.94. The molecule has 10 heteroatoms. The van der Waals surface area contributed by atoms with E-state index in [1.165, 1.54) is 54.9 Å². The molecule has 0 unspecified atom stereocenters. The first-order valence-corrected chi connectivity index (χ1v) is 32.2. The summed E-state index contributed by atoms with van der Waals surface area (Å²) in [7, 11) is 17.9. The number of benzene rings is 4. The molecule has 0 spiro atoms. The molecule has 60 heavy (non-hydrogen) atoms. The van der Waals surface area contributed by atoms with Crippen LogP contribution >= 0.6 is 17.0 Å². The van der Waals surface area contributed by atoms with Crippen LogP contribution in [0.1, 0.15) is 33.8 Å². The molecule has 0 radical (unpaired) electrons. The monoisotopic (exact) mass is 936 g/mol. The van der Waals surface area contributed by atoms with Crippen molar-refractivity contribution >= 4 is 44.0 Å². The van der Waals surface area contributed by atoms with E-state index in [1.807, 2.05) is 26.0 Å². The van der Waals surface area contributed by atoms with Gasteiger partial charge >= 0.3 is 53.5 Å². The van der Waals surface area contributed by atoms with E-state index < -0.39 is 18.0 Å². The van der Waals surface area contributed by atoms with Gasteiger partial charge in [-0.05, 0) is 111 Å². The molecule has 0 aliphatic carbocycles. The van der Waals surface area contributed by atoms with Crippen molar-refractivity contribution in [3.8, 4) is 67.9 Å². The van der Waals surface area contributed by atoms with Gasteiger partial charge in [-0.15, -0.1) is 57.9 Å². The summed E-state index contributed by atoms with van der Waals surface area (Å²) in [5, 5.41) is 4.79. The van der Waals surface area contributed by atoms with Gasteiger partial charge < -0.3 is 27.8 Å². The third kappa shape index (κ3) is 10.0. The second-order valence-corrected chi connectivity index (χ2v) is 38.2. The van der Waals surface area contributed by atoms with Crippen molar-refractivity contribution in [2.24, 2.45) is 0 Å². The first kappa shape index (κ1) is 45.1. The van der Waals surface area contributed by atoms with Crippen LogP contribution in [0.4, 0.5) is 0 Å². The van der Waals surface area contributed by atoms with Crippen LogP contribution in [-0.4, -0.2) is 33.9 Å². The molecular formula is C50H52Cl2O6SiZr-2. The van der Waals surface area contributed by atoms with Crippen molar-refractivity contribution in [1.82, 2.24) is 0 Å². The Labute approximate surface area is 369 Å². The molecule has 6 nitrogen and oxygen atoms in total. The quantitative estimate of drug-likeness (QED) is 0.112. The number of furan rings is 2. The van der Waals surface area contributed by atoms with Crippen LogP contribution in [0.3, 0.4) is 0 Å². The molecule has 0 saturated heterocycles. The van der Waals surface area contributed by atoms with Gasteiger partial charge in [-0.3, -0.25) is 0 Å². The van der Waals surface area contributed by atoms with Crippen LogP contribution in [0.5, 0.6) is 23.0 Å². The molecule has 0 aliphatic rings. The van der Waals surface area contributed by atoms with Crippen molar-refractivity contribution in [3.63, 3.8) is 0 Å². The van der Waals surface area contributed by atoms with Gasteiger partial charge in [-0.1, -0.05) is 34.4 Å². The van der Waals surface area contributed by atoms with E-state index in [4.69, 9.17) is 44.8 Å². The summed E-state index contributed by atoms with van der Waals surface area (Å²) in [6, 6.07) is 33.6. The molecular weight excluding hydrogens is 887 g/mol. The van der Waals surface area contributed by atoms with Crippen molar-refractivity contribution in [2.75, 3.05) is 28.4 Å². The van der Waals surface area contributed by atoms with Gasteiger partial charge in [0.05, 0.1) is 51.5 Å². The van der Waals surface area contributed by atoms with Gasteiger partial charge in [-0.2, -0.15) is 0 Å². The standard InChI is InChI=1S/2C24H23O3.C2H6Si.2ClH.Zr/c2*1-14-6-7-17-9-18(23-8-15(2)16(3)27-23)12-22(17)24(14)19-10-20(25-4)13-21(11-19)26-5;1-3-2;;;/h2*6-13H,1-5H3;1-2H3;2*1H;/q2*-1;;;;+2/p-2. The molecule has 2 aromatic heterocycles. The molecule has 312 valence electrons. The number of rotatable bonds is 8. The molecule has 2 heterocycles. The number of hydrogen-bond donors (Lipinski definition) is 0. The Bertz CT molecular complexity index is 2550. The number of aryl methyl sites for hydroxylation is 6. The summed E-state index contributed by atoms with van der Waals surface area (Å²) < 4.78 is 33.7. The Kier molecular flexibility index (Phi) is 14.7. The fourth-order valence-electron chi connectivity index (χ4n) is 7.17. The summed E-state index contributed by atoms with van der Waals surface area (Å²) in [6.45, 7) is 16.7. The topological polar surface area (TPSA) is 63.2 Å². The first-order chi connectivity index (χ1) is 28.6. The van der Waals surface area contributed by atoms with Crippen LogP contribution in [-0.2, 0) is 18.0 Å². The molecule has 6 aromatic carbocycles. The summed E-state index contributed by atoms with van der Waals surface area (Å²) >= 11 is -1.65. The van der Waals surface area contributed by atoms with Gasteiger partial charge in [0, 0.05) is 12.1 Å². The SMILES string of the molecule is COc1cc(OC)cc(-c2c(C)ccc3[cH-]c(-c4cc(C)c(C)o4)cc23)c1.COc1cc(OC)cc(-c2c(C)ccc3[cH-]c(-c4cc(C)c(C)o4)cc23)c1.C[Si](C)=[Zr]([Cl])[Cl]. The van der Waals surface area contributed by atoms with Gasteiger partial charge in [-0.25, -0.2) is 0 Å². The zero-order valence-corrected chi connectivity index (χ0v) is 41.4. The number of ether oxygens (including phenoxy) is 4. The van der Waals surface area contributed by atoms with E-state index >= 15 is 0 Å². The van der Waals surface area contributed by atoms with Gasteiger partial charge in [0.15, 0.2) is 0 Å². The Hall–Kier alpha value is -4.46. The van der Waals surface area contributed by atoms with Gasteiger partial charge in [0.25, 0.3) is 0 Å². The van der Waals surface area contributed by atoms with Crippen LogP contribution in [0.2, 0.25) is 13.1 Å². The molecule has 0 saturated carbocycles. The predicted molar refractivity (Wildman–Crippen MR) is 249 cm³/mol. The number of halogens is 2. The predicted octanol–water partition coefficient (Wildman–Crippen LogP) is 15.0. The zero-order chi connectivity index (χ0) is 43.4. The zero-order valence-electron chi connectivity index (χ0n) is 36.4. The fraction of sp³-hybridized carbons (Fsp3) is 0.240. The van der Waals surface area contributed by atoms with E-state index in [1.54, 1.807) is 28.4 Å². The molecule has 0 bridgehead atoms. The summed E-state index contributed by atoms with van der Waals surface area (Å²) in [4.78, 5) is 0. The Balaban J connectivity index is 0.000000177. The third-order valence-electron chi connectivity index (χ3n) is 10.8. The van der Waals surface area contributed by atoms with E-state index in [0.29, 0.717) is 0 Å². The number of hydrogen-bond acceptors (Lipinski definition) is 6. The van der Waals surface area contributed by atoms with Crippen LogP contribution < -0.4 is 18.9 Å². The van der Waals surface area contributed by atoms with Crippen molar-refractivity contribution in [2.45, 2.75) is 54.6 Å². The van der Waals surface area contributed by atoms with Crippen LogP contribution in [0.25, 0.3) is 66.4 Å². The fourth-order valence-corrected chi connectivity index (χ4v) is 7.17. The summed E-state index contributed by atoms with van der Waals surface area (Å²) in [5.41, 5.74) is 11.3. The molecule has 0 N–H and O–H groups in total. The van der Waals surface area contributed by atoms with Gasteiger partial charge in [0.1, 0.15) is 23.0 Å². The Morgan fingerprint density at radius 3 is 1.08 bits per heavy atom. The minimum atomic E-state index is -1.65. The summed E-state index contributed by atoms with van der Waals surface area (Å²) in [5.74, 6) is 6.87. The number of methoxy groups -OCH3 is 4. The molecule has 0 fully saturated rings. The van der Waals surface area contributed by atoms with Crippen molar-refractivity contribution in [1.29, 1.82) is 0 Å². The Morgan fingerprint density at radius 1 is 0.483 bits per heavy atom. The molecule has 8 aromatic rings. The first-order valence-electron chi connectivity index (χ1n) is 19.6. The molecule has 0 amide bonds. The molecule has 0 aliphatic heterocycles. The Morgan fingerprint density at radius 2 is 0.817 bits per heavy atom. The van der Waals surface area contributed by atoms with Crippen LogP contribution in [0, 0.1) is 41.5 Å². The minimum absolute atomic E-state index is 0.224. The average Bonchev–Trinajstić information content (AvgIpc) is 4.03. The summed E-state index contributed by atoms with van der Waals surface area (Å²) in [6.07, 6.45) is 0. The molecule has 8 rings (SSSR count). The number of fused-ring (bicyclic) bond motifs is 2. The van der Waals surface area contributed by atoms with E-state index in [-0.39, 0.29) is 5.43 Å². The average molecular weight is 939 g/mol. The van der Waals surface area contributed by atoms with E-state index in [9.17, 15) is 0 Å². The van der Waals surface area contributed by atoms with E-state index in [2.05, 4.69) is 126 Å². The van der Waals surface area contributed by atoms with Gasteiger partial charge in [0.2, 0.25) is 0 Å². The maximum atomic E-state index is 5.94. The van der Waals surface area contributed by atoms with E-state index in [0.717, 1.165) is 68.3 Å². The second kappa shape index (κ2) is 19.5. The van der Waals surface area contributed by atoms with Crippen molar-refractivity contribution < 1.29 is 45.8 Å². The second-order valence-electron chi connectivity index (χ2n) is 15.2.